The van der Waals surface area contributed by atoms with E-state index in [1.807, 2.05) is 24.3 Å². The Hall–Kier alpha value is -3.33. The maximum absolute atomic E-state index is 8.92. The third-order valence-electron chi connectivity index (χ3n) is 3.96. The molecule has 1 heterocycles. The summed E-state index contributed by atoms with van der Waals surface area (Å²) < 4.78 is 5.97. The van der Waals surface area contributed by atoms with Gasteiger partial charge in [-0.1, -0.05) is 41.4 Å². The predicted octanol–water partition coefficient (Wildman–Crippen LogP) is 6.34. The van der Waals surface area contributed by atoms with E-state index in [0.29, 0.717) is 38.7 Å². The Morgan fingerprint density at radius 3 is 2.29 bits per heavy atom. The molecule has 0 saturated heterocycles. The molecule has 0 bridgehead atoms. The number of hydrogen-bond acceptors (Lipinski definition) is 5. The Morgan fingerprint density at radius 1 is 0.857 bits per heavy atom. The van der Waals surface area contributed by atoms with Crippen LogP contribution in [0.3, 0.4) is 0 Å². The Kier molecular flexibility index (Phi) is 4.98. The van der Waals surface area contributed by atoms with Crippen molar-refractivity contribution in [1.82, 2.24) is 9.97 Å². The highest BCUT2D eigenvalue weighted by atomic mass is 35.5. The van der Waals surface area contributed by atoms with E-state index in [2.05, 4.69) is 21.4 Å². The number of fused-ring (bicyclic) bond motifs is 1. The van der Waals surface area contributed by atoms with E-state index < -0.39 is 0 Å². The minimum atomic E-state index is 0.330. The van der Waals surface area contributed by atoms with Gasteiger partial charge in [-0.3, -0.25) is 0 Å². The monoisotopic (exact) mass is 406 g/mol. The summed E-state index contributed by atoms with van der Waals surface area (Å²) in [5.41, 5.74) is 2.02. The Morgan fingerprint density at radius 2 is 1.57 bits per heavy atom. The molecule has 4 rings (SSSR count). The quantitative estimate of drug-likeness (QED) is 0.427. The van der Waals surface area contributed by atoms with Gasteiger partial charge in [0.25, 0.3) is 0 Å². The maximum atomic E-state index is 8.92. The first-order valence-electron chi connectivity index (χ1n) is 8.30. The Labute approximate surface area is 171 Å². The fourth-order valence-electron chi connectivity index (χ4n) is 2.62. The lowest BCUT2D eigenvalue weighted by Crippen LogP contribution is -2.00. The molecule has 0 aliphatic carbocycles. The van der Waals surface area contributed by atoms with E-state index in [4.69, 9.17) is 33.2 Å². The van der Waals surface area contributed by atoms with Gasteiger partial charge in [-0.15, -0.1) is 0 Å². The molecule has 5 nitrogen and oxygen atoms in total. The van der Waals surface area contributed by atoms with Crippen LogP contribution in [0.1, 0.15) is 5.56 Å². The Bertz CT molecular complexity index is 1180. The summed E-state index contributed by atoms with van der Waals surface area (Å²) in [5, 5.41) is 13.5. The van der Waals surface area contributed by atoms with Gasteiger partial charge in [-0.05, 0) is 48.5 Å². The molecule has 0 saturated carbocycles. The molecule has 1 aromatic heterocycles. The molecule has 1 N–H and O–H groups in total. The van der Waals surface area contributed by atoms with Crippen LogP contribution < -0.4 is 10.1 Å². The molecule has 0 fully saturated rings. The molecule has 0 atom stereocenters. The molecular weight excluding hydrogens is 395 g/mol. The lowest BCUT2D eigenvalue weighted by molar-refractivity contribution is 0.469. The fourth-order valence-corrected chi connectivity index (χ4v) is 3.09. The van der Waals surface area contributed by atoms with E-state index in [0.717, 1.165) is 11.1 Å². The van der Waals surface area contributed by atoms with E-state index in [-0.39, 0.29) is 0 Å². The Balaban J connectivity index is 1.76. The first-order chi connectivity index (χ1) is 13.6. The van der Waals surface area contributed by atoms with Gasteiger partial charge in [0.15, 0.2) is 5.75 Å². The summed E-state index contributed by atoms with van der Waals surface area (Å²) in [6, 6.07) is 21.7. The molecular formula is C21H12Cl2N4O. The molecule has 0 radical (unpaired) electrons. The zero-order valence-corrected chi connectivity index (χ0v) is 15.9. The largest absolute Gasteiger partial charge is 0.435 e. The first kappa shape index (κ1) is 18.1. The SMILES string of the molecule is N#Cc1ccc(Nc2nc(Oc3c(Cl)cccc3Cl)c3ccccc3n2)cc1. The van der Waals surface area contributed by atoms with Crippen molar-refractivity contribution in [1.29, 1.82) is 5.26 Å². The molecule has 136 valence electrons. The zero-order valence-electron chi connectivity index (χ0n) is 14.4. The van der Waals surface area contributed by atoms with Gasteiger partial charge in [0.1, 0.15) is 0 Å². The van der Waals surface area contributed by atoms with Gasteiger partial charge >= 0.3 is 0 Å². The number of hydrogen-bond donors (Lipinski definition) is 1. The minimum absolute atomic E-state index is 0.330. The van der Waals surface area contributed by atoms with Crippen molar-refractivity contribution in [2.45, 2.75) is 0 Å². The number of nitrogens with zero attached hydrogens (tertiary/aromatic N) is 3. The van der Waals surface area contributed by atoms with Crippen LogP contribution in [-0.2, 0) is 0 Å². The number of halogens is 2. The van der Waals surface area contributed by atoms with Crippen LogP contribution in [0, 0.1) is 11.3 Å². The summed E-state index contributed by atoms with van der Waals surface area (Å²) in [6.45, 7) is 0. The lowest BCUT2D eigenvalue weighted by Gasteiger charge is -2.13. The second-order valence-electron chi connectivity index (χ2n) is 5.84. The maximum Gasteiger partial charge on any atom is 0.232 e. The molecule has 7 heteroatoms. The number of ether oxygens (including phenoxy) is 1. The third-order valence-corrected chi connectivity index (χ3v) is 4.55. The smallest absolute Gasteiger partial charge is 0.232 e. The van der Waals surface area contributed by atoms with Crippen LogP contribution in [0.5, 0.6) is 11.6 Å². The van der Waals surface area contributed by atoms with Crippen molar-refractivity contribution >= 4 is 45.7 Å². The minimum Gasteiger partial charge on any atom is -0.435 e. The van der Waals surface area contributed by atoms with Crippen LogP contribution in [0.25, 0.3) is 10.9 Å². The highest BCUT2D eigenvalue weighted by molar-refractivity contribution is 6.37. The molecule has 4 aromatic rings. The topological polar surface area (TPSA) is 70.8 Å². The molecule has 0 unspecified atom stereocenters. The van der Waals surface area contributed by atoms with Crippen LogP contribution >= 0.6 is 23.2 Å². The normalized spacial score (nSPS) is 10.5. The molecule has 0 aliphatic heterocycles. The lowest BCUT2D eigenvalue weighted by atomic mass is 10.2. The summed E-state index contributed by atoms with van der Waals surface area (Å²) in [7, 11) is 0. The summed E-state index contributed by atoms with van der Waals surface area (Å²) in [4.78, 5) is 9.02. The van der Waals surface area contributed by atoms with Crippen LogP contribution in [0.15, 0.2) is 66.7 Å². The van der Waals surface area contributed by atoms with Crippen molar-refractivity contribution in [2.75, 3.05) is 5.32 Å². The van der Waals surface area contributed by atoms with Crippen LogP contribution in [0.4, 0.5) is 11.6 Å². The second-order valence-corrected chi connectivity index (χ2v) is 6.65. The predicted molar refractivity (Wildman–Crippen MR) is 111 cm³/mol. The number of benzene rings is 3. The summed E-state index contributed by atoms with van der Waals surface area (Å²) in [5.74, 6) is 1.01. The first-order valence-corrected chi connectivity index (χ1v) is 9.05. The van der Waals surface area contributed by atoms with E-state index in [1.54, 1.807) is 42.5 Å². The number of nitrogens with one attached hydrogen (secondary N) is 1. The number of anilines is 2. The van der Waals surface area contributed by atoms with Gasteiger partial charge in [0, 0.05) is 5.69 Å². The molecule has 0 spiro atoms. The summed E-state index contributed by atoms with van der Waals surface area (Å²) >= 11 is 12.5. The number of aromatic nitrogens is 2. The van der Waals surface area contributed by atoms with Crippen molar-refractivity contribution in [2.24, 2.45) is 0 Å². The van der Waals surface area contributed by atoms with Crippen molar-refractivity contribution < 1.29 is 4.74 Å². The van der Waals surface area contributed by atoms with Gasteiger partial charge in [-0.2, -0.15) is 10.2 Å². The average molecular weight is 407 g/mol. The number of nitriles is 1. The summed E-state index contributed by atoms with van der Waals surface area (Å²) in [6.07, 6.45) is 0. The van der Waals surface area contributed by atoms with Gasteiger partial charge in [0.2, 0.25) is 11.8 Å². The van der Waals surface area contributed by atoms with Crippen molar-refractivity contribution in [3.8, 4) is 17.7 Å². The highest BCUT2D eigenvalue weighted by Gasteiger charge is 2.14. The van der Waals surface area contributed by atoms with Gasteiger partial charge < -0.3 is 10.1 Å². The molecule has 0 amide bonds. The van der Waals surface area contributed by atoms with Crippen LogP contribution in [0.2, 0.25) is 10.0 Å². The second kappa shape index (κ2) is 7.73. The number of para-hydroxylation sites is 2. The number of rotatable bonds is 4. The zero-order chi connectivity index (χ0) is 19.5. The van der Waals surface area contributed by atoms with Crippen LogP contribution in [-0.4, -0.2) is 9.97 Å². The highest BCUT2D eigenvalue weighted by Crippen LogP contribution is 2.37. The van der Waals surface area contributed by atoms with E-state index >= 15 is 0 Å². The van der Waals surface area contributed by atoms with E-state index in [1.165, 1.54) is 0 Å². The van der Waals surface area contributed by atoms with Crippen molar-refractivity contribution in [3.05, 3.63) is 82.3 Å². The molecule has 3 aromatic carbocycles. The van der Waals surface area contributed by atoms with Crippen molar-refractivity contribution in [3.63, 3.8) is 0 Å². The fraction of sp³-hybridized carbons (Fsp3) is 0. The van der Waals surface area contributed by atoms with Gasteiger partial charge in [-0.25, -0.2) is 4.98 Å². The molecule has 0 aliphatic rings. The molecule has 28 heavy (non-hydrogen) atoms. The van der Waals surface area contributed by atoms with E-state index in [9.17, 15) is 0 Å². The van der Waals surface area contributed by atoms with Gasteiger partial charge in [0.05, 0.1) is 32.6 Å². The standard InChI is InChI=1S/C21H12Cl2N4O/c22-16-5-3-6-17(23)19(16)28-20-15-4-1-2-7-18(15)26-21(27-20)25-14-10-8-13(12-24)9-11-14/h1-11H,(H,25,26,27). The third kappa shape index (κ3) is 3.70. The average Bonchev–Trinajstić information content (AvgIpc) is 2.71.